The lowest BCUT2D eigenvalue weighted by atomic mass is 10.1. The Balaban J connectivity index is 1.57. The van der Waals surface area contributed by atoms with E-state index < -0.39 is 10.8 Å². The predicted molar refractivity (Wildman–Crippen MR) is 104 cm³/mol. The summed E-state index contributed by atoms with van der Waals surface area (Å²) in [5.41, 5.74) is 1.22. The Bertz CT molecular complexity index is 1080. The number of rotatable bonds is 7. The largest absolute Gasteiger partial charge is 0.487 e. The zero-order chi connectivity index (χ0) is 20.4. The average Bonchev–Trinajstić information content (AvgIpc) is 3.44. The van der Waals surface area contributed by atoms with Gasteiger partial charge in [0.2, 0.25) is 0 Å². The third kappa shape index (κ3) is 3.91. The van der Waals surface area contributed by atoms with Crippen molar-refractivity contribution in [1.29, 1.82) is 0 Å². The molecule has 1 amide bonds. The lowest BCUT2D eigenvalue weighted by molar-refractivity contribution is -0.385. The summed E-state index contributed by atoms with van der Waals surface area (Å²) < 4.78 is 7.04. The minimum Gasteiger partial charge on any atom is -0.487 e. The Hall–Kier alpha value is -3.82. The van der Waals surface area contributed by atoms with Crippen molar-refractivity contribution in [3.05, 3.63) is 58.1 Å². The Labute approximate surface area is 165 Å². The molecule has 0 aliphatic heterocycles. The summed E-state index contributed by atoms with van der Waals surface area (Å²) in [6, 6.07) is 11.6. The molecule has 0 bridgehead atoms. The summed E-state index contributed by atoms with van der Waals surface area (Å²) in [6.07, 6.45) is 2.09. The molecule has 10 nitrogen and oxygen atoms in total. The Kier molecular flexibility index (Phi) is 4.90. The molecular weight excluding hydrogens is 376 g/mol. The predicted octanol–water partition coefficient (Wildman–Crippen LogP) is 3.23. The molecule has 2 aromatic carbocycles. The molecule has 0 unspecified atom stereocenters. The number of anilines is 1. The van der Waals surface area contributed by atoms with Crippen molar-refractivity contribution in [3.63, 3.8) is 0 Å². The van der Waals surface area contributed by atoms with Crippen molar-refractivity contribution >= 4 is 17.3 Å². The fourth-order valence-corrected chi connectivity index (χ4v) is 2.97. The minimum absolute atomic E-state index is 0.128. The SMILES string of the molecule is CCOc1ccc(C(=O)Nc2cccc(-c3nnnn3C3CC3)c2)cc1[N+](=O)[O-]. The lowest BCUT2D eigenvalue weighted by Crippen LogP contribution is -2.12. The maximum absolute atomic E-state index is 12.6. The lowest BCUT2D eigenvalue weighted by Gasteiger charge is -2.09. The van der Waals surface area contributed by atoms with Gasteiger partial charge in [0.15, 0.2) is 11.6 Å². The molecular formula is C19H18N6O4. The Morgan fingerprint density at radius 3 is 2.86 bits per heavy atom. The topological polar surface area (TPSA) is 125 Å². The van der Waals surface area contributed by atoms with E-state index in [0.29, 0.717) is 24.2 Å². The van der Waals surface area contributed by atoms with Crippen molar-refractivity contribution in [3.8, 4) is 17.1 Å². The number of nitrogens with one attached hydrogen (secondary N) is 1. The molecule has 0 radical (unpaired) electrons. The summed E-state index contributed by atoms with van der Waals surface area (Å²) in [7, 11) is 0. The summed E-state index contributed by atoms with van der Waals surface area (Å²) in [6.45, 7) is 2.02. The number of ether oxygens (including phenoxy) is 1. The van der Waals surface area contributed by atoms with Crippen LogP contribution in [0.15, 0.2) is 42.5 Å². The van der Waals surface area contributed by atoms with Gasteiger partial charge in [0.25, 0.3) is 5.91 Å². The van der Waals surface area contributed by atoms with Crippen LogP contribution in [0.25, 0.3) is 11.4 Å². The third-order valence-corrected chi connectivity index (χ3v) is 4.48. The minimum atomic E-state index is -0.569. The van der Waals surface area contributed by atoms with Crippen molar-refractivity contribution in [2.45, 2.75) is 25.8 Å². The second-order valence-electron chi connectivity index (χ2n) is 6.59. The molecule has 0 atom stereocenters. The van der Waals surface area contributed by atoms with Crippen LogP contribution in [0.5, 0.6) is 5.75 Å². The van der Waals surface area contributed by atoms with Gasteiger partial charge in [-0.15, -0.1) is 5.10 Å². The van der Waals surface area contributed by atoms with Crippen molar-refractivity contribution in [1.82, 2.24) is 20.2 Å². The van der Waals surface area contributed by atoms with Crippen LogP contribution < -0.4 is 10.1 Å². The maximum atomic E-state index is 12.6. The number of benzene rings is 2. The van der Waals surface area contributed by atoms with Crippen LogP contribution >= 0.6 is 0 Å². The van der Waals surface area contributed by atoms with Gasteiger partial charge < -0.3 is 10.1 Å². The molecule has 3 aromatic rings. The average molecular weight is 394 g/mol. The number of hydrogen-bond donors (Lipinski definition) is 1. The van der Waals surface area contributed by atoms with E-state index in [0.717, 1.165) is 18.4 Å². The van der Waals surface area contributed by atoms with Crippen molar-refractivity contribution in [2.24, 2.45) is 0 Å². The molecule has 4 rings (SSSR count). The van der Waals surface area contributed by atoms with Gasteiger partial charge in [-0.3, -0.25) is 14.9 Å². The second-order valence-corrected chi connectivity index (χ2v) is 6.59. The van der Waals surface area contributed by atoms with Crippen molar-refractivity contribution < 1.29 is 14.5 Å². The molecule has 1 aliphatic carbocycles. The zero-order valence-corrected chi connectivity index (χ0v) is 15.6. The highest BCUT2D eigenvalue weighted by molar-refractivity contribution is 6.05. The highest BCUT2D eigenvalue weighted by Crippen LogP contribution is 2.37. The monoisotopic (exact) mass is 394 g/mol. The molecule has 1 fully saturated rings. The fraction of sp³-hybridized carbons (Fsp3) is 0.263. The maximum Gasteiger partial charge on any atom is 0.311 e. The molecule has 0 spiro atoms. The molecule has 0 saturated heterocycles. The van der Waals surface area contributed by atoms with Crippen LogP contribution in [0.2, 0.25) is 0 Å². The second kappa shape index (κ2) is 7.66. The third-order valence-electron chi connectivity index (χ3n) is 4.48. The van der Waals surface area contributed by atoms with E-state index in [2.05, 4.69) is 20.8 Å². The number of amides is 1. The fourth-order valence-electron chi connectivity index (χ4n) is 2.97. The first-order valence-electron chi connectivity index (χ1n) is 9.17. The number of nitrogens with zero attached hydrogens (tertiary/aromatic N) is 5. The first kappa shape index (κ1) is 18.5. The van der Waals surface area contributed by atoms with Crippen LogP contribution in [0.4, 0.5) is 11.4 Å². The summed E-state index contributed by atoms with van der Waals surface area (Å²) in [5, 5.41) is 25.9. The van der Waals surface area contributed by atoms with Gasteiger partial charge in [0.1, 0.15) is 0 Å². The van der Waals surface area contributed by atoms with E-state index in [1.54, 1.807) is 29.8 Å². The molecule has 1 saturated carbocycles. The van der Waals surface area contributed by atoms with Gasteiger partial charge in [0.05, 0.1) is 17.6 Å². The highest BCUT2D eigenvalue weighted by atomic mass is 16.6. The standard InChI is InChI=1S/C19H18N6O4/c1-2-29-17-9-6-13(11-16(17)25(27)28)19(26)20-14-5-3-4-12(10-14)18-21-22-23-24(18)15-7-8-15/h3-6,9-11,15H,2,7-8H2,1H3,(H,20,26). The number of tetrazole rings is 1. The number of aromatic nitrogens is 4. The molecule has 148 valence electrons. The molecule has 29 heavy (non-hydrogen) atoms. The molecule has 1 heterocycles. The van der Waals surface area contributed by atoms with E-state index in [1.807, 2.05) is 6.07 Å². The van der Waals surface area contributed by atoms with E-state index in [-0.39, 0.29) is 17.0 Å². The van der Waals surface area contributed by atoms with Crippen molar-refractivity contribution in [2.75, 3.05) is 11.9 Å². The van der Waals surface area contributed by atoms with Gasteiger partial charge in [-0.2, -0.15) is 0 Å². The van der Waals surface area contributed by atoms with E-state index >= 15 is 0 Å². The van der Waals surface area contributed by atoms with Crippen LogP contribution in [0.1, 0.15) is 36.2 Å². The number of carbonyl (C=O) groups excluding carboxylic acids is 1. The number of carbonyl (C=O) groups is 1. The van der Waals surface area contributed by atoms with Gasteiger partial charge in [-0.05, 0) is 54.5 Å². The molecule has 1 aromatic heterocycles. The number of hydrogen-bond acceptors (Lipinski definition) is 7. The van der Waals surface area contributed by atoms with E-state index in [1.165, 1.54) is 18.2 Å². The first-order valence-corrected chi connectivity index (χ1v) is 9.17. The normalized spacial score (nSPS) is 13.1. The van der Waals surface area contributed by atoms with Gasteiger partial charge in [-0.1, -0.05) is 12.1 Å². The number of nitro groups is 1. The van der Waals surface area contributed by atoms with Gasteiger partial charge >= 0.3 is 5.69 Å². The quantitative estimate of drug-likeness (QED) is 0.482. The smallest absolute Gasteiger partial charge is 0.311 e. The van der Waals surface area contributed by atoms with Gasteiger partial charge in [0, 0.05) is 22.9 Å². The van der Waals surface area contributed by atoms with E-state index in [4.69, 9.17) is 4.74 Å². The first-order chi connectivity index (χ1) is 14.1. The van der Waals surface area contributed by atoms with Crippen LogP contribution in [0, 0.1) is 10.1 Å². The van der Waals surface area contributed by atoms with Crippen LogP contribution in [-0.2, 0) is 0 Å². The zero-order valence-electron chi connectivity index (χ0n) is 15.6. The van der Waals surface area contributed by atoms with Crippen LogP contribution in [-0.4, -0.2) is 37.6 Å². The van der Waals surface area contributed by atoms with Crippen LogP contribution in [0.3, 0.4) is 0 Å². The Morgan fingerprint density at radius 1 is 1.31 bits per heavy atom. The summed E-state index contributed by atoms with van der Waals surface area (Å²) in [4.78, 5) is 23.3. The molecule has 1 aliphatic rings. The van der Waals surface area contributed by atoms with E-state index in [9.17, 15) is 14.9 Å². The molecule has 10 heteroatoms. The summed E-state index contributed by atoms with van der Waals surface area (Å²) >= 11 is 0. The highest BCUT2D eigenvalue weighted by Gasteiger charge is 2.28. The van der Waals surface area contributed by atoms with Gasteiger partial charge in [-0.25, -0.2) is 4.68 Å². The Morgan fingerprint density at radius 2 is 2.14 bits per heavy atom. The number of nitro benzene ring substituents is 1. The summed E-state index contributed by atoms with van der Waals surface area (Å²) in [5.74, 6) is 0.304. The molecule has 1 N–H and O–H groups in total.